The lowest BCUT2D eigenvalue weighted by atomic mass is 9.87. The van der Waals surface area contributed by atoms with E-state index in [4.69, 9.17) is 31.4 Å². The standard InChI is InChI=1S/C52H46F2N16O/c1-27-28(15-18-69-26-59-66-49(27)69)43-45-47(64-62-43)61-41(22-57-45)68-20-17-32-36(24-68)52(32,34-9-3-5-11-38(34)54)50(56)70-39-12-6-7-30(29(39)13-14-42(70)71)44-46-48(65-63-44)60-40(21-58-46)67-19-16-31-35(23-67)51(31,25-55)33-8-2-4-10-37(33)53/h2-15,18,21-22,26,31-32,35-36,50H,16-17,19-20,23-25,55-56H2,1H3,(H,60,63,65)(H,61,62,64)/t31-,32-,35+,36+,50?,51-,52+/m1/s1. The van der Waals surface area contributed by atoms with Crippen LogP contribution in [0.5, 0.6) is 0 Å². The van der Waals surface area contributed by atoms with Crippen molar-refractivity contribution in [3.05, 3.63) is 149 Å². The molecule has 0 radical (unpaired) electrons. The van der Waals surface area contributed by atoms with Crippen LogP contribution in [0.2, 0.25) is 0 Å². The van der Waals surface area contributed by atoms with Crippen molar-refractivity contribution in [2.75, 3.05) is 42.5 Å². The second-order valence-corrected chi connectivity index (χ2v) is 19.7. The lowest BCUT2D eigenvalue weighted by Crippen LogP contribution is -2.41. The highest BCUT2D eigenvalue weighted by Crippen LogP contribution is 2.68. The first-order valence-corrected chi connectivity index (χ1v) is 24.0. The van der Waals surface area contributed by atoms with Crippen LogP contribution in [0, 0.1) is 42.2 Å². The number of halogens is 2. The molecule has 4 fully saturated rings. The molecule has 7 aromatic heterocycles. The zero-order valence-electron chi connectivity index (χ0n) is 38.4. The van der Waals surface area contributed by atoms with Crippen molar-refractivity contribution in [1.82, 2.24) is 59.5 Å². The van der Waals surface area contributed by atoms with Gasteiger partial charge in [0.25, 0.3) is 5.56 Å². The molecule has 4 aliphatic rings. The first-order chi connectivity index (χ1) is 34.7. The molecule has 2 aliphatic carbocycles. The van der Waals surface area contributed by atoms with E-state index in [1.165, 1.54) is 18.2 Å². The van der Waals surface area contributed by atoms with Gasteiger partial charge in [-0.25, -0.2) is 28.7 Å². The van der Waals surface area contributed by atoms with Crippen LogP contribution in [0.4, 0.5) is 20.4 Å². The van der Waals surface area contributed by atoms with E-state index >= 15 is 8.78 Å². The molecule has 354 valence electrons. The van der Waals surface area contributed by atoms with Gasteiger partial charge in [0.1, 0.15) is 40.6 Å². The summed E-state index contributed by atoms with van der Waals surface area (Å²) in [7, 11) is 0. The number of aromatic amines is 2. The smallest absolute Gasteiger partial charge is 0.252 e. The highest BCUT2D eigenvalue weighted by atomic mass is 19.1. The summed E-state index contributed by atoms with van der Waals surface area (Å²) in [6.45, 7) is 4.92. The van der Waals surface area contributed by atoms with Crippen molar-refractivity contribution < 1.29 is 8.78 Å². The number of hydrogen-bond donors (Lipinski definition) is 4. The number of hydrogen-bond acceptors (Lipinski definition) is 13. The Morgan fingerprint density at radius 2 is 1.39 bits per heavy atom. The summed E-state index contributed by atoms with van der Waals surface area (Å²) < 4.78 is 34.9. The van der Waals surface area contributed by atoms with Crippen molar-refractivity contribution in [3.8, 4) is 22.5 Å². The van der Waals surface area contributed by atoms with Gasteiger partial charge in [-0.15, -0.1) is 10.2 Å². The zero-order valence-corrected chi connectivity index (χ0v) is 38.4. The molecule has 10 aromatic rings. The Labute approximate surface area is 403 Å². The quantitative estimate of drug-likeness (QED) is 0.127. The average molecular weight is 949 g/mol. The molecule has 9 heterocycles. The van der Waals surface area contributed by atoms with Crippen LogP contribution >= 0.6 is 0 Å². The predicted octanol–water partition coefficient (Wildman–Crippen LogP) is 6.20. The molecular formula is C52H46F2N16O. The van der Waals surface area contributed by atoms with Gasteiger partial charge in [0.15, 0.2) is 5.65 Å². The second-order valence-electron chi connectivity index (χ2n) is 19.7. The maximum absolute atomic E-state index is 16.3. The lowest BCUT2D eigenvalue weighted by molar-refractivity contribution is 0.356. The van der Waals surface area contributed by atoms with E-state index in [0.29, 0.717) is 94.8 Å². The number of aryl methyl sites for hydroxylation is 1. The number of fused-ring (bicyclic) bond motifs is 6. The molecule has 19 heteroatoms. The lowest BCUT2D eigenvalue weighted by Gasteiger charge is -2.30. The highest BCUT2D eigenvalue weighted by molar-refractivity contribution is 6.00. The van der Waals surface area contributed by atoms with Gasteiger partial charge in [-0.3, -0.25) is 24.0 Å². The van der Waals surface area contributed by atoms with Crippen molar-refractivity contribution in [3.63, 3.8) is 0 Å². The van der Waals surface area contributed by atoms with Crippen LogP contribution in [0.15, 0.2) is 115 Å². The maximum atomic E-state index is 16.3. The number of pyridine rings is 2. The first-order valence-electron chi connectivity index (χ1n) is 24.0. The fourth-order valence-corrected chi connectivity index (χ4v) is 13.3. The Morgan fingerprint density at radius 3 is 2.08 bits per heavy atom. The molecular weight excluding hydrogens is 903 g/mol. The monoisotopic (exact) mass is 948 g/mol. The third-order valence-corrected chi connectivity index (χ3v) is 16.8. The molecule has 1 unspecified atom stereocenters. The molecule has 0 spiro atoms. The van der Waals surface area contributed by atoms with Gasteiger partial charge in [-0.2, -0.15) is 10.2 Å². The van der Waals surface area contributed by atoms with E-state index in [2.05, 4.69) is 40.4 Å². The van der Waals surface area contributed by atoms with Crippen LogP contribution in [0.3, 0.4) is 0 Å². The number of H-pyrrole nitrogens is 2. The van der Waals surface area contributed by atoms with Gasteiger partial charge in [0.05, 0.1) is 35.5 Å². The van der Waals surface area contributed by atoms with Crippen molar-refractivity contribution >= 4 is 50.5 Å². The number of rotatable bonds is 9. The summed E-state index contributed by atoms with van der Waals surface area (Å²) in [5, 5.41) is 24.6. The van der Waals surface area contributed by atoms with E-state index < -0.39 is 17.0 Å². The van der Waals surface area contributed by atoms with Crippen LogP contribution in [0.25, 0.3) is 61.4 Å². The highest BCUT2D eigenvalue weighted by Gasteiger charge is 2.71. The van der Waals surface area contributed by atoms with Crippen molar-refractivity contribution in [1.29, 1.82) is 0 Å². The van der Waals surface area contributed by atoms with Gasteiger partial charge < -0.3 is 21.3 Å². The molecule has 2 saturated heterocycles. The minimum Gasteiger partial charge on any atom is -0.355 e. The Hall–Kier alpha value is -8.03. The number of nitrogens with two attached hydrogens (primary N) is 2. The molecule has 17 nitrogen and oxygen atoms in total. The number of piperidine rings is 2. The van der Waals surface area contributed by atoms with E-state index in [1.807, 2.05) is 66.1 Å². The summed E-state index contributed by atoms with van der Waals surface area (Å²) in [4.78, 5) is 38.4. The summed E-state index contributed by atoms with van der Waals surface area (Å²) in [6, 6.07) is 24.8. The Kier molecular flexibility index (Phi) is 8.99. The molecule has 14 rings (SSSR count). The third-order valence-electron chi connectivity index (χ3n) is 16.8. The summed E-state index contributed by atoms with van der Waals surface area (Å²) in [5.74, 6) is 1.11. The summed E-state index contributed by atoms with van der Waals surface area (Å²) in [5.41, 5.74) is 20.9. The number of anilines is 2. The van der Waals surface area contributed by atoms with Gasteiger partial charge in [0.2, 0.25) is 11.3 Å². The SMILES string of the molecule is Cc1c(-c2[nH]nc3nc(N4CC[C@@H]5[C@H](C4)[C@]5(c4ccccc4F)C(N)n4c(=O)ccc5c(-c6[nH]nc7nc(N8CC[C@@H]9[C@H](C8)[C@@]9(CN)c8ccccc8F)cnc67)cccc54)cnc23)ccn2cnnc12. The van der Waals surface area contributed by atoms with E-state index in [0.717, 1.165) is 46.4 Å². The van der Waals surface area contributed by atoms with Gasteiger partial charge >= 0.3 is 0 Å². The fourth-order valence-electron chi connectivity index (χ4n) is 13.3. The molecule has 7 atom stereocenters. The summed E-state index contributed by atoms with van der Waals surface area (Å²) in [6.07, 6.45) is 7.69. The van der Waals surface area contributed by atoms with E-state index in [-0.39, 0.29) is 34.9 Å². The van der Waals surface area contributed by atoms with Gasteiger partial charge in [-0.1, -0.05) is 48.5 Å². The van der Waals surface area contributed by atoms with Gasteiger partial charge in [-0.05, 0) is 84.9 Å². The van der Waals surface area contributed by atoms with Crippen LogP contribution < -0.4 is 26.8 Å². The molecule has 71 heavy (non-hydrogen) atoms. The van der Waals surface area contributed by atoms with Crippen LogP contribution in [-0.2, 0) is 10.8 Å². The number of benzene rings is 3. The largest absolute Gasteiger partial charge is 0.355 e. The van der Waals surface area contributed by atoms with Crippen molar-refractivity contribution in [2.45, 2.75) is 36.8 Å². The first kappa shape index (κ1) is 41.9. The predicted molar refractivity (Wildman–Crippen MR) is 263 cm³/mol. The number of nitrogens with zero attached hydrogens (tertiary/aromatic N) is 12. The molecule has 3 aromatic carbocycles. The molecule has 2 saturated carbocycles. The molecule has 2 aliphatic heterocycles. The molecule has 0 amide bonds. The minimum atomic E-state index is -0.943. The van der Waals surface area contributed by atoms with Gasteiger partial charge in [0, 0.05) is 77.9 Å². The van der Waals surface area contributed by atoms with Crippen molar-refractivity contribution in [2.24, 2.45) is 35.1 Å². The third kappa shape index (κ3) is 5.86. The zero-order chi connectivity index (χ0) is 47.9. The topological polar surface area (TPSA) is 220 Å². The Bertz CT molecular complexity index is 3870. The van der Waals surface area contributed by atoms with Crippen LogP contribution in [-0.4, -0.2) is 92.2 Å². The Morgan fingerprint density at radius 1 is 0.746 bits per heavy atom. The van der Waals surface area contributed by atoms with E-state index in [1.54, 1.807) is 41.5 Å². The van der Waals surface area contributed by atoms with E-state index in [9.17, 15) is 4.79 Å². The number of aromatic nitrogens is 12. The fraction of sp³-hybridized carbons (Fsp3) is 0.288. The second kappa shape index (κ2) is 15.2. The molecule has 0 bridgehead atoms. The molecule has 6 N–H and O–H groups in total. The minimum absolute atomic E-state index is 0.0299. The maximum Gasteiger partial charge on any atom is 0.252 e. The van der Waals surface area contributed by atoms with Crippen LogP contribution in [0.1, 0.15) is 35.7 Å². The normalized spacial score (nSPS) is 24.2. The number of nitrogens with one attached hydrogen (secondary N) is 2. The summed E-state index contributed by atoms with van der Waals surface area (Å²) >= 11 is 0. The Balaban J connectivity index is 0.777. The average Bonchev–Trinajstić information content (AvgIpc) is 3.84.